The van der Waals surface area contributed by atoms with Crippen molar-refractivity contribution in [1.29, 1.82) is 0 Å². The van der Waals surface area contributed by atoms with E-state index in [0.717, 1.165) is 24.1 Å². The molecule has 3 aromatic heterocycles. The van der Waals surface area contributed by atoms with Crippen LogP contribution in [-0.2, 0) is 13.0 Å². The quantitative estimate of drug-likeness (QED) is 0.130. The summed E-state index contributed by atoms with van der Waals surface area (Å²) in [7, 11) is 0. The standard InChI is InChI=1S/C66H47N3/c1-7-19-61-55(13-1)56-14-2-8-20-62(56)67(61)40-37-46-25-31-49(32-26-46)52-43-53(50-33-27-47(28-34-50)38-41-68-63-21-9-3-15-57(63)58-16-4-10-22-64(58)68)45-54(44-52)51-35-29-48(30-36-51)39-42-69-65-23-11-5-17-59(65)60-18-6-12-24-66(60)69/h1-38,40-41,43-45H,39,42H2. The van der Waals surface area contributed by atoms with Crippen LogP contribution in [0.2, 0.25) is 0 Å². The van der Waals surface area contributed by atoms with Gasteiger partial charge in [0.2, 0.25) is 0 Å². The fourth-order valence-electron chi connectivity index (χ4n) is 10.6. The molecular formula is C66H47N3. The number of benzene rings is 10. The summed E-state index contributed by atoms with van der Waals surface area (Å²) in [6.45, 7) is 0.917. The minimum absolute atomic E-state index is 0.917. The molecule has 10 aromatic carbocycles. The largest absolute Gasteiger partial charge is 0.340 e. The molecule has 3 nitrogen and oxygen atoms in total. The van der Waals surface area contributed by atoms with Gasteiger partial charge in [0.15, 0.2) is 0 Å². The summed E-state index contributed by atoms with van der Waals surface area (Å²) < 4.78 is 7.08. The summed E-state index contributed by atoms with van der Waals surface area (Å²) in [4.78, 5) is 0. The minimum Gasteiger partial charge on any atom is -0.340 e. The van der Waals surface area contributed by atoms with Gasteiger partial charge in [-0.25, -0.2) is 0 Å². The Hall–Kier alpha value is -8.92. The molecule has 0 N–H and O–H groups in total. The molecule has 0 aliphatic rings. The molecule has 13 rings (SSSR count). The summed E-state index contributed by atoms with van der Waals surface area (Å²) in [5.74, 6) is 0. The van der Waals surface area contributed by atoms with Gasteiger partial charge in [0.05, 0.1) is 22.1 Å². The molecule has 0 unspecified atom stereocenters. The third-order valence-corrected chi connectivity index (χ3v) is 14.1. The van der Waals surface area contributed by atoms with Crippen LogP contribution in [0.4, 0.5) is 0 Å². The number of hydrogen-bond acceptors (Lipinski definition) is 0. The van der Waals surface area contributed by atoms with Gasteiger partial charge in [-0.05, 0) is 123 Å². The van der Waals surface area contributed by atoms with Crippen molar-refractivity contribution in [3.63, 3.8) is 0 Å². The summed E-state index contributed by atoms with van der Waals surface area (Å²) >= 11 is 0. The van der Waals surface area contributed by atoms with E-state index in [1.165, 1.54) is 104 Å². The number of aromatic nitrogens is 3. The first-order valence-electron chi connectivity index (χ1n) is 23.9. The van der Waals surface area contributed by atoms with Crippen LogP contribution in [-0.4, -0.2) is 13.7 Å². The number of fused-ring (bicyclic) bond motifs is 9. The van der Waals surface area contributed by atoms with Crippen molar-refractivity contribution < 1.29 is 0 Å². The molecule has 0 spiro atoms. The summed E-state index contributed by atoms with van der Waals surface area (Å²) in [6, 6.07) is 86.4. The van der Waals surface area contributed by atoms with Crippen LogP contribution in [0.5, 0.6) is 0 Å². The van der Waals surface area contributed by atoms with Gasteiger partial charge in [-0.2, -0.15) is 0 Å². The zero-order valence-corrected chi connectivity index (χ0v) is 38.1. The number of nitrogens with zero attached hydrogens (tertiary/aromatic N) is 3. The summed E-state index contributed by atoms with van der Waals surface area (Å²) in [6.07, 6.45) is 9.78. The molecule has 0 bridgehead atoms. The van der Waals surface area contributed by atoms with Crippen LogP contribution < -0.4 is 0 Å². The first kappa shape index (κ1) is 40.4. The summed E-state index contributed by atoms with van der Waals surface area (Å²) in [5.41, 5.74) is 18.2. The maximum atomic E-state index is 2.48. The SMILES string of the molecule is C(=Cn1c2ccccc2c2ccccc21)c1ccc(-c2cc(-c3ccc(C=Cn4c5ccccc5c5ccccc54)cc3)cc(-c3ccc(CCn4c5ccccc5c5ccccc54)cc3)c2)cc1. The highest BCUT2D eigenvalue weighted by Gasteiger charge is 2.13. The maximum Gasteiger partial charge on any atom is 0.0534 e. The number of rotatable bonds is 10. The van der Waals surface area contributed by atoms with Gasteiger partial charge in [-0.1, -0.05) is 182 Å². The van der Waals surface area contributed by atoms with E-state index in [4.69, 9.17) is 0 Å². The first-order chi connectivity index (χ1) is 34.2. The van der Waals surface area contributed by atoms with E-state index >= 15 is 0 Å². The molecule has 0 atom stereocenters. The maximum absolute atomic E-state index is 2.48. The molecule has 0 aliphatic heterocycles. The minimum atomic E-state index is 0.917. The molecular weight excluding hydrogens is 835 g/mol. The lowest BCUT2D eigenvalue weighted by molar-refractivity contribution is 0.745. The van der Waals surface area contributed by atoms with Crippen molar-refractivity contribution in [3.8, 4) is 33.4 Å². The smallest absolute Gasteiger partial charge is 0.0534 e. The zero-order valence-electron chi connectivity index (χ0n) is 38.1. The number of hydrogen-bond donors (Lipinski definition) is 0. The Balaban J connectivity index is 0.823. The van der Waals surface area contributed by atoms with E-state index < -0.39 is 0 Å². The average molecular weight is 882 g/mol. The van der Waals surface area contributed by atoms with Crippen LogP contribution >= 0.6 is 0 Å². The molecule has 3 heterocycles. The predicted octanol–water partition coefficient (Wildman–Crippen LogP) is 17.5. The van der Waals surface area contributed by atoms with Gasteiger partial charge >= 0.3 is 0 Å². The lowest BCUT2D eigenvalue weighted by Crippen LogP contribution is -2.01. The molecule has 0 radical (unpaired) electrons. The van der Waals surface area contributed by atoms with Gasteiger partial charge in [-0.15, -0.1) is 0 Å². The Kier molecular flexibility index (Phi) is 9.98. The van der Waals surface area contributed by atoms with Crippen LogP contribution in [0.1, 0.15) is 16.7 Å². The van der Waals surface area contributed by atoms with Crippen molar-refractivity contribution in [3.05, 3.63) is 253 Å². The Labute approximate surface area is 401 Å². The van der Waals surface area contributed by atoms with E-state index in [2.05, 4.69) is 275 Å². The third-order valence-electron chi connectivity index (χ3n) is 14.1. The Morgan fingerprint density at radius 3 is 0.913 bits per heavy atom. The normalized spacial score (nSPS) is 12.1. The average Bonchev–Trinajstić information content (AvgIpc) is 4.04. The van der Waals surface area contributed by atoms with Gasteiger partial charge in [0.1, 0.15) is 0 Å². The van der Waals surface area contributed by atoms with Crippen LogP contribution in [0.25, 0.3) is 123 Å². The van der Waals surface area contributed by atoms with Crippen molar-refractivity contribution in [1.82, 2.24) is 13.7 Å². The highest BCUT2D eigenvalue weighted by Crippen LogP contribution is 2.36. The van der Waals surface area contributed by atoms with E-state index in [1.54, 1.807) is 0 Å². The Bertz CT molecular complexity index is 3750. The Morgan fingerprint density at radius 2 is 0.565 bits per heavy atom. The molecule has 69 heavy (non-hydrogen) atoms. The fraction of sp³-hybridized carbons (Fsp3) is 0.0303. The van der Waals surface area contributed by atoms with Gasteiger partial charge in [0.25, 0.3) is 0 Å². The van der Waals surface area contributed by atoms with E-state index in [0.29, 0.717) is 0 Å². The van der Waals surface area contributed by atoms with Crippen LogP contribution in [0.15, 0.2) is 237 Å². The lowest BCUT2D eigenvalue weighted by Gasteiger charge is -2.13. The second kappa shape index (κ2) is 17.1. The van der Waals surface area contributed by atoms with Crippen molar-refractivity contribution >= 4 is 90.0 Å². The van der Waals surface area contributed by atoms with Gasteiger partial charge < -0.3 is 13.7 Å². The van der Waals surface area contributed by atoms with Crippen LogP contribution in [0, 0.1) is 0 Å². The Morgan fingerprint density at radius 1 is 0.275 bits per heavy atom. The monoisotopic (exact) mass is 881 g/mol. The second-order valence-corrected chi connectivity index (χ2v) is 18.1. The fourth-order valence-corrected chi connectivity index (χ4v) is 10.6. The lowest BCUT2D eigenvalue weighted by atomic mass is 9.92. The molecule has 0 saturated heterocycles. The van der Waals surface area contributed by atoms with E-state index in [-0.39, 0.29) is 0 Å². The third kappa shape index (κ3) is 7.33. The van der Waals surface area contributed by atoms with E-state index in [9.17, 15) is 0 Å². The zero-order chi connectivity index (χ0) is 45.7. The van der Waals surface area contributed by atoms with Gasteiger partial charge in [-0.3, -0.25) is 0 Å². The molecule has 0 amide bonds. The first-order valence-corrected chi connectivity index (χ1v) is 23.9. The topological polar surface area (TPSA) is 14.8 Å². The number of aryl methyl sites for hydroxylation is 2. The van der Waals surface area contributed by atoms with Crippen molar-refractivity contribution in [2.45, 2.75) is 13.0 Å². The van der Waals surface area contributed by atoms with Crippen molar-refractivity contribution in [2.75, 3.05) is 0 Å². The summed E-state index contributed by atoms with van der Waals surface area (Å²) in [5, 5.41) is 7.70. The molecule has 326 valence electrons. The molecule has 13 aromatic rings. The highest BCUT2D eigenvalue weighted by atomic mass is 15.0. The van der Waals surface area contributed by atoms with Crippen LogP contribution in [0.3, 0.4) is 0 Å². The molecule has 0 fully saturated rings. The molecule has 0 saturated carbocycles. The second-order valence-electron chi connectivity index (χ2n) is 18.1. The predicted molar refractivity (Wildman–Crippen MR) is 295 cm³/mol. The highest BCUT2D eigenvalue weighted by molar-refractivity contribution is 6.11. The number of para-hydroxylation sites is 6. The molecule has 0 aliphatic carbocycles. The van der Waals surface area contributed by atoms with E-state index in [1.807, 2.05) is 0 Å². The molecule has 3 heteroatoms. The van der Waals surface area contributed by atoms with Crippen molar-refractivity contribution in [2.24, 2.45) is 0 Å². The van der Waals surface area contributed by atoms with Gasteiger partial charge in [0, 0.05) is 62.3 Å².